The van der Waals surface area contributed by atoms with Crippen molar-refractivity contribution in [2.75, 3.05) is 6.61 Å². The Kier molecular flexibility index (Phi) is 5.23. The zero-order valence-electron chi connectivity index (χ0n) is 9.62. The molecular weight excluding hydrogens is 368 g/mol. The normalized spacial score (nSPS) is 19.6. The summed E-state index contributed by atoms with van der Waals surface area (Å²) in [4.78, 5) is 17.0. The van der Waals surface area contributed by atoms with E-state index in [9.17, 15) is 4.79 Å². The van der Waals surface area contributed by atoms with Gasteiger partial charge in [0, 0.05) is 22.2 Å². The number of halogens is 2. The third-order valence-electron chi connectivity index (χ3n) is 2.60. The quantitative estimate of drug-likeness (QED) is 0.646. The van der Waals surface area contributed by atoms with Crippen LogP contribution in [0.4, 0.5) is 0 Å². The number of hydroxylamine groups is 1. The van der Waals surface area contributed by atoms with Gasteiger partial charge in [0.1, 0.15) is 0 Å². The summed E-state index contributed by atoms with van der Waals surface area (Å²) >= 11 is 7.97. The molecule has 1 heterocycles. The van der Waals surface area contributed by atoms with Gasteiger partial charge in [0.25, 0.3) is 5.91 Å². The van der Waals surface area contributed by atoms with E-state index in [1.165, 1.54) is 0 Å². The maximum atomic E-state index is 11.8. The van der Waals surface area contributed by atoms with E-state index in [2.05, 4.69) is 28.1 Å². The summed E-state index contributed by atoms with van der Waals surface area (Å²) in [5.41, 5.74) is 2.92. The van der Waals surface area contributed by atoms with Crippen LogP contribution in [-0.2, 0) is 9.57 Å². The van der Waals surface area contributed by atoms with Crippen molar-refractivity contribution in [1.82, 2.24) is 5.48 Å². The van der Waals surface area contributed by atoms with E-state index in [1.807, 2.05) is 0 Å². The molecule has 4 nitrogen and oxygen atoms in total. The molecule has 0 radical (unpaired) electrons. The number of carbonyl (C=O) groups excluding carboxylic acids is 1. The number of rotatable bonds is 3. The Morgan fingerprint density at radius 2 is 2.33 bits per heavy atom. The van der Waals surface area contributed by atoms with E-state index >= 15 is 0 Å². The average molecular weight is 382 g/mol. The van der Waals surface area contributed by atoms with E-state index in [4.69, 9.17) is 21.2 Å². The van der Waals surface area contributed by atoms with Crippen molar-refractivity contribution in [1.29, 1.82) is 0 Å². The Hall–Kier alpha value is -0.370. The van der Waals surface area contributed by atoms with E-state index in [0.717, 1.165) is 22.8 Å². The lowest BCUT2D eigenvalue weighted by Crippen LogP contribution is -2.33. The zero-order valence-corrected chi connectivity index (χ0v) is 12.5. The van der Waals surface area contributed by atoms with Crippen LogP contribution in [0.5, 0.6) is 0 Å². The van der Waals surface area contributed by atoms with Crippen LogP contribution in [0.3, 0.4) is 0 Å². The Morgan fingerprint density at radius 3 is 3.00 bits per heavy atom. The first-order valence-electron chi connectivity index (χ1n) is 5.69. The first-order valence-corrected chi connectivity index (χ1v) is 7.15. The summed E-state index contributed by atoms with van der Waals surface area (Å²) in [5.74, 6) is -0.293. The lowest BCUT2D eigenvalue weighted by molar-refractivity contribution is -0.186. The molecule has 1 fully saturated rings. The fourth-order valence-corrected chi connectivity index (χ4v) is 2.25. The van der Waals surface area contributed by atoms with Crippen molar-refractivity contribution in [3.8, 4) is 0 Å². The van der Waals surface area contributed by atoms with Crippen molar-refractivity contribution in [2.24, 2.45) is 0 Å². The molecule has 0 aromatic heterocycles. The van der Waals surface area contributed by atoms with Crippen LogP contribution < -0.4 is 5.48 Å². The molecule has 0 bridgehead atoms. The zero-order chi connectivity index (χ0) is 13.0. The fraction of sp³-hybridized carbons (Fsp3) is 0.417. The van der Waals surface area contributed by atoms with Crippen molar-refractivity contribution in [2.45, 2.75) is 25.6 Å². The second-order valence-electron chi connectivity index (χ2n) is 3.97. The van der Waals surface area contributed by atoms with Crippen molar-refractivity contribution < 1.29 is 14.4 Å². The Labute approximate surface area is 124 Å². The van der Waals surface area contributed by atoms with Gasteiger partial charge in [0.2, 0.25) is 0 Å². The molecule has 1 aromatic rings. The summed E-state index contributed by atoms with van der Waals surface area (Å²) in [6, 6.07) is 5.06. The molecule has 1 saturated heterocycles. The topological polar surface area (TPSA) is 47.6 Å². The predicted molar refractivity (Wildman–Crippen MR) is 76.3 cm³/mol. The van der Waals surface area contributed by atoms with Gasteiger partial charge in [-0.25, -0.2) is 10.3 Å². The highest BCUT2D eigenvalue weighted by Gasteiger charge is 2.16. The highest BCUT2D eigenvalue weighted by molar-refractivity contribution is 14.1. The number of carbonyl (C=O) groups is 1. The Balaban J connectivity index is 1.88. The first-order chi connectivity index (χ1) is 8.66. The minimum Gasteiger partial charge on any atom is -0.350 e. The van der Waals surface area contributed by atoms with Crippen LogP contribution in [0.1, 0.15) is 29.6 Å². The molecule has 1 N–H and O–H groups in total. The first kappa shape index (κ1) is 14.0. The van der Waals surface area contributed by atoms with E-state index < -0.39 is 0 Å². The van der Waals surface area contributed by atoms with E-state index in [1.54, 1.807) is 18.2 Å². The summed E-state index contributed by atoms with van der Waals surface area (Å²) < 4.78 is 6.18. The fourth-order valence-electron chi connectivity index (χ4n) is 1.62. The number of ether oxygens (including phenoxy) is 1. The van der Waals surface area contributed by atoms with Crippen LogP contribution in [0.25, 0.3) is 0 Å². The van der Waals surface area contributed by atoms with Crippen LogP contribution in [0.15, 0.2) is 18.2 Å². The highest BCUT2D eigenvalue weighted by Crippen LogP contribution is 2.19. The van der Waals surface area contributed by atoms with E-state index in [-0.39, 0.29) is 12.2 Å². The lowest BCUT2D eigenvalue weighted by atomic mass is 10.2. The van der Waals surface area contributed by atoms with Gasteiger partial charge in [-0.3, -0.25) is 4.79 Å². The van der Waals surface area contributed by atoms with Crippen LogP contribution in [-0.4, -0.2) is 18.8 Å². The summed E-state index contributed by atoms with van der Waals surface area (Å²) in [5, 5.41) is 0.628. The molecule has 2 rings (SSSR count). The van der Waals surface area contributed by atoms with Gasteiger partial charge in [-0.1, -0.05) is 11.6 Å². The van der Waals surface area contributed by atoms with Crippen LogP contribution >= 0.6 is 34.2 Å². The summed E-state index contributed by atoms with van der Waals surface area (Å²) in [7, 11) is 0. The molecule has 1 amide bonds. The maximum Gasteiger partial charge on any atom is 0.274 e. The maximum absolute atomic E-state index is 11.8. The van der Waals surface area contributed by atoms with Crippen molar-refractivity contribution in [3.63, 3.8) is 0 Å². The molecule has 98 valence electrons. The SMILES string of the molecule is O=C(NOC1CCCCO1)c1ccc(Cl)c(I)c1. The Bertz CT molecular complexity index is 435. The molecule has 1 atom stereocenters. The molecule has 1 aliphatic rings. The van der Waals surface area contributed by atoms with Gasteiger partial charge in [0.05, 0.1) is 5.02 Å². The van der Waals surface area contributed by atoms with Gasteiger partial charge in [-0.05, 0) is 53.6 Å². The number of benzene rings is 1. The standard InChI is InChI=1S/C12H13ClINO3/c13-9-5-4-8(7-10(9)14)12(16)15-18-11-3-1-2-6-17-11/h4-5,7,11H,1-3,6H2,(H,15,16). The van der Waals surface area contributed by atoms with Gasteiger partial charge in [0.15, 0.2) is 6.29 Å². The van der Waals surface area contributed by atoms with Crippen LogP contribution in [0.2, 0.25) is 5.02 Å². The van der Waals surface area contributed by atoms with Gasteiger partial charge in [-0.15, -0.1) is 0 Å². The van der Waals surface area contributed by atoms with E-state index in [0.29, 0.717) is 17.2 Å². The molecule has 1 aliphatic heterocycles. The molecular formula is C12H13ClINO3. The molecule has 0 spiro atoms. The summed E-state index contributed by atoms with van der Waals surface area (Å²) in [6.45, 7) is 0.680. The predicted octanol–water partition coefficient (Wildman–Crippen LogP) is 3.13. The second-order valence-corrected chi connectivity index (χ2v) is 5.54. The van der Waals surface area contributed by atoms with Gasteiger partial charge in [-0.2, -0.15) is 0 Å². The molecule has 0 saturated carbocycles. The highest BCUT2D eigenvalue weighted by atomic mass is 127. The molecule has 18 heavy (non-hydrogen) atoms. The number of hydrogen-bond acceptors (Lipinski definition) is 3. The van der Waals surface area contributed by atoms with Gasteiger partial charge >= 0.3 is 0 Å². The third-order valence-corrected chi connectivity index (χ3v) is 4.14. The third kappa shape index (κ3) is 3.81. The Morgan fingerprint density at radius 1 is 1.50 bits per heavy atom. The minimum absolute atomic E-state index is 0.293. The number of amides is 1. The van der Waals surface area contributed by atoms with Crippen molar-refractivity contribution >= 4 is 40.1 Å². The second kappa shape index (κ2) is 6.70. The summed E-state index contributed by atoms with van der Waals surface area (Å²) in [6.07, 6.45) is 2.56. The van der Waals surface area contributed by atoms with Crippen LogP contribution in [0, 0.1) is 3.57 Å². The molecule has 0 aliphatic carbocycles. The monoisotopic (exact) mass is 381 g/mol. The smallest absolute Gasteiger partial charge is 0.274 e. The molecule has 1 aromatic carbocycles. The minimum atomic E-state index is -0.339. The number of hydrogen-bond donors (Lipinski definition) is 1. The van der Waals surface area contributed by atoms with Crippen molar-refractivity contribution in [3.05, 3.63) is 32.4 Å². The number of nitrogens with one attached hydrogen (secondary N) is 1. The average Bonchev–Trinajstić information content (AvgIpc) is 2.40. The lowest BCUT2D eigenvalue weighted by Gasteiger charge is -2.22. The van der Waals surface area contributed by atoms with Gasteiger partial charge < -0.3 is 4.74 Å². The largest absolute Gasteiger partial charge is 0.350 e. The molecule has 6 heteroatoms. The molecule has 1 unspecified atom stereocenters.